The highest BCUT2D eigenvalue weighted by Crippen LogP contribution is 2.12. The smallest absolute Gasteiger partial charge is 0.411 e. The van der Waals surface area contributed by atoms with Gasteiger partial charge in [-0.25, -0.2) is 4.79 Å². The minimum atomic E-state index is -0.504. The zero-order valence-corrected chi connectivity index (χ0v) is 13.1. The Morgan fingerprint density at radius 2 is 2.21 bits per heavy atom. The second-order valence-corrected chi connectivity index (χ2v) is 6.11. The highest BCUT2D eigenvalue weighted by Gasteiger charge is 2.16. The summed E-state index contributed by atoms with van der Waals surface area (Å²) in [6.45, 7) is 9.27. The number of aromatic nitrogens is 1. The number of allylic oxidation sites excluding steroid dienone is 1. The van der Waals surface area contributed by atoms with E-state index in [1.807, 2.05) is 32.9 Å². The molecule has 0 atom stereocenters. The molecular weight excluding hydrogens is 308 g/mol. The molecule has 1 aromatic heterocycles. The summed E-state index contributed by atoms with van der Waals surface area (Å²) >= 11 is 3.39. The van der Waals surface area contributed by atoms with Crippen molar-refractivity contribution in [1.82, 2.24) is 10.3 Å². The van der Waals surface area contributed by atoms with Crippen LogP contribution >= 0.6 is 15.9 Å². The number of halogens is 1. The normalized spacial score (nSPS) is 10.9. The number of nitrogens with one attached hydrogen (secondary N) is 1. The molecule has 1 N–H and O–H groups in total. The molecule has 1 heterocycles. The Hall–Kier alpha value is -1.36. The summed E-state index contributed by atoms with van der Waals surface area (Å²) in [5.41, 5.74) is 1.06. The molecule has 0 bridgehead atoms. The third-order valence-corrected chi connectivity index (χ3v) is 2.63. The highest BCUT2D eigenvalue weighted by atomic mass is 79.9. The average molecular weight is 327 g/mol. The lowest BCUT2D eigenvalue weighted by Crippen LogP contribution is -2.31. The fourth-order valence-corrected chi connectivity index (χ4v) is 1.76. The zero-order valence-electron chi connectivity index (χ0n) is 11.5. The van der Waals surface area contributed by atoms with Crippen LogP contribution in [0.15, 0.2) is 35.1 Å². The molecule has 0 aliphatic heterocycles. The first-order valence-corrected chi connectivity index (χ1v) is 6.84. The van der Waals surface area contributed by atoms with Crippen LogP contribution in [0.3, 0.4) is 0 Å². The van der Waals surface area contributed by atoms with E-state index < -0.39 is 11.7 Å². The van der Waals surface area contributed by atoms with E-state index in [2.05, 4.69) is 32.8 Å². The van der Waals surface area contributed by atoms with Crippen LogP contribution in [0.2, 0.25) is 0 Å². The van der Waals surface area contributed by atoms with Gasteiger partial charge in [-0.15, -0.1) is 0 Å². The second kappa shape index (κ2) is 6.70. The van der Waals surface area contributed by atoms with Crippen LogP contribution in [0, 0.1) is 0 Å². The van der Waals surface area contributed by atoms with Gasteiger partial charge in [0.25, 0.3) is 0 Å². The maximum atomic E-state index is 11.5. The molecule has 1 aromatic rings. The Morgan fingerprint density at radius 3 is 2.79 bits per heavy atom. The third kappa shape index (κ3) is 6.96. The number of hydrogen-bond donors (Lipinski definition) is 1. The molecule has 0 saturated carbocycles. The van der Waals surface area contributed by atoms with Crippen molar-refractivity contribution in [3.8, 4) is 0 Å². The van der Waals surface area contributed by atoms with Gasteiger partial charge >= 0.3 is 6.09 Å². The molecule has 0 unspecified atom stereocenters. The average Bonchev–Trinajstić information content (AvgIpc) is 2.23. The molecule has 5 heteroatoms. The third-order valence-electron chi connectivity index (χ3n) is 2.14. The largest absolute Gasteiger partial charge is 0.444 e. The van der Waals surface area contributed by atoms with E-state index in [0.717, 1.165) is 10.2 Å². The first-order chi connectivity index (χ1) is 8.76. The van der Waals surface area contributed by atoms with Crippen molar-refractivity contribution in [2.45, 2.75) is 39.2 Å². The van der Waals surface area contributed by atoms with E-state index in [1.165, 1.54) is 0 Å². The minimum Gasteiger partial charge on any atom is -0.444 e. The van der Waals surface area contributed by atoms with E-state index in [1.54, 1.807) is 6.20 Å². The fraction of sp³-hybridized carbons (Fsp3) is 0.429. The number of ether oxygens (including phenoxy) is 1. The second-order valence-electron chi connectivity index (χ2n) is 5.20. The summed E-state index contributed by atoms with van der Waals surface area (Å²) < 4.78 is 6.13. The summed E-state index contributed by atoms with van der Waals surface area (Å²) in [5, 5.41) is 2.63. The predicted octanol–water partition coefficient (Wildman–Crippen LogP) is 3.82. The monoisotopic (exact) mass is 326 g/mol. The topological polar surface area (TPSA) is 51.2 Å². The van der Waals surface area contributed by atoms with Crippen molar-refractivity contribution in [3.63, 3.8) is 0 Å². The fourth-order valence-electron chi connectivity index (χ4n) is 1.37. The van der Waals surface area contributed by atoms with Crippen LogP contribution in [-0.4, -0.2) is 16.7 Å². The summed E-state index contributed by atoms with van der Waals surface area (Å²) in [6.07, 6.45) is 2.61. The van der Waals surface area contributed by atoms with Crippen LogP contribution in [-0.2, 0) is 11.2 Å². The van der Waals surface area contributed by atoms with Crippen molar-refractivity contribution in [1.29, 1.82) is 0 Å². The van der Waals surface area contributed by atoms with E-state index in [-0.39, 0.29) is 0 Å². The van der Waals surface area contributed by atoms with Crippen LogP contribution in [0.25, 0.3) is 0 Å². The minimum absolute atomic E-state index is 0.472. The first kappa shape index (κ1) is 15.7. The van der Waals surface area contributed by atoms with Crippen LogP contribution < -0.4 is 5.32 Å². The Kier molecular flexibility index (Phi) is 5.54. The van der Waals surface area contributed by atoms with Crippen molar-refractivity contribution in [2.75, 3.05) is 0 Å². The first-order valence-electron chi connectivity index (χ1n) is 6.04. The van der Waals surface area contributed by atoms with Gasteiger partial charge in [0.2, 0.25) is 0 Å². The number of rotatable bonds is 4. The van der Waals surface area contributed by atoms with Crippen molar-refractivity contribution < 1.29 is 9.53 Å². The molecule has 0 spiro atoms. The van der Waals surface area contributed by atoms with E-state index in [9.17, 15) is 4.79 Å². The van der Waals surface area contributed by atoms with Gasteiger partial charge in [-0.2, -0.15) is 0 Å². The van der Waals surface area contributed by atoms with Gasteiger partial charge in [0.1, 0.15) is 5.60 Å². The number of amides is 1. The molecule has 4 nitrogen and oxygen atoms in total. The Labute approximate surface area is 122 Å². The molecule has 0 fully saturated rings. The molecule has 0 aliphatic rings. The van der Waals surface area contributed by atoms with Crippen LogP contribution in [0.1, 0.15) is 32.9 Å². The van der Waals surface area contributed by atoms with Gasteiger partial charge in [0, 0.05) is 22.1 Å². The SMILES string of the molecule is C=C(CCc1cc(Br)ccn1)NC(=O)OC(C)(C)C. The molecule has 0 radical (unpaired) electrons. The van der Waals surface area contributed by atoms with Gasteiger partial charge in [-0.05, 0) is 45.7 Å². The van der Waals surface area contributed by atoms with Gasteiger partial charge in [-0.3, -0.25) is 10.3 Å². The molecule has 1 amide bonds. The maximum Gasteiger partial charge on any atom is 0.411 e. The van der Waals surface area contributed by atoms with Gasteiger partial charge in [0.15, 0.2) is 0 Å². The van der Waals surface area contributed by atoms with Crippen molar-refractivity contribution in [2.24, 2.45) is 0 Å². The van der Waals surface area contributed by atoms with E-state index in [0.29, 0.717) is 18.5 Å². The molecular formula is C14H19BrN2O2. The zero-order chi connectivity index (χ0) is 14.5. The van der Waals surface area contributed by atoms with Gasteiger partial charge in [0.05, 0.1) is 0 Å². The van der Waals surface area contributed by atoms with Gasteiger partial charge < -0.3 is 4.74 Å². The lowest BCUT2D eigenvalue weighted by Gasteiger charge is -2.20. The number of carbonyl (C=O) groups is 1. The number of hydrogen-bond acceptors (Lipinski definition) is 3. The Bertz CT molecular complexity index is 467. The van der Waals surface area contributed by atoms with E-state index in [4.69, 9.17) is 4.74 Å². The molecule has 0 aliphatic carbocycles. The number of nitrogens with zero attached hydrogens (tertiary/aromatic N) is 1. The highest BCUT2D eigenvalue weighted by molar-refractivity contribution is 9.10. The summed E-state index contributed by atoms with van der Waals surface area (Å²) in [4.78, 5) is 15.8. The Balaban J connectivity index is 2.38. The lowest BCUT2D eigenvalue weighted by atomic mass is 10.2. The van der Waals surface area contributed by atoms with Crippen LogP contribution in [0.5, 0.6) is 0 Å². The molecule has 0 saturated heterocycles. The van der Waals surface area contributed by atoms with Crippen molar-refractivity contribution in [3.05, 3.63) is 40.8 Å². The van der Waals surface area contributed by atoms with Crippen molar-refractivity contribution >= 4 is 22.0 Å². The number of carbonyl (C=O) groups excluding carboxylic acids is 1. The maximum absolute atomic E-state index is 11.5. The quantitative estimate of drug-likeness (QED) is 0.915. The van der Waals surface area contributed by atoms with E-state index >= 15 is 0 Å². The van der Waals surface area contributed by atoms with Crippen LogP contribution in [0.4, 0.5) is 4.79 Å². The Morgan fingerprint density at radius 1 is 1.53 bits per heavy atom. The summed E-state index contributed by atoms with van der Waals surface area (Å²) in [6, 6.07) is 3.82. The predicted molar refractivity (Wildman–Crippen MR) is 78.8 cm³/mol. The molecule has 1 rings (SSSR count). The number of alkyl carbamates (subject to hydrolysis) is 1. The molecule has 104 valence electrons. The number of aryl methyl sites for hydroxylation is 1. The number of pyridine rings is 1. The lowest BCUT2D eigenvalue weighted by molar-refractivity contribution is 0.0544. The van der Waals surface area contributed by atoms with Gasteiger partial charge in [-0.1, -0.05) is 22.5 Å². The standard InChI is InChI=1S/C14H19BrN2O2/c1-10(17-13(18)19-14(2,3)4)5-6-12-9-11(15)7-8-16-12/h7-9H,1,5-6H2,2-4H3,(H,17,18). The molecule has 19 heavy (non-hydrogen) atoms. The molecule has 0 aromatic carbocycles. The summed E-state index contributed by atoms with van der Waals surface area (Å²) in [5.74, 6) is 0. The summed E-state index contributed by atoms with van der Waals surface area (Å²) in [7, 11) is 0.